The van der Waals surface area contributed by atoms with Crippen LogP contribution in [0.1, 0.15) is 27.2 Å². The standard InChI is InChI=1S/C14H30N4O/c1-5-16-14(15-4)17-11-13(10-12(2)3)18-6-8-19-9-7-18/h12-13H,5-11H2,1-4H3,(H2,15,16,17)/t13-/m1/s1. The van der Waals surface area contributed by atoms with Crippen LogP contribution in [0.15, 0.2) is 4.99 Å². The fourth-order valence-electron chi connectivity index (χ4n) is 2.45. The van der Waals surface area contributed by atoms with Gasteiger partial charge in [-0.2, -0.15) is 0 Å². The molecule has 1 saturated heterocycles. The minimum Gasteiger partial charge on any atom is -0.379 e. The first-order valence-corrected chi connectivity index (χ1v) is 7.43. The minimum absolute atomic E-state index is 0.555. The second kappa shape index (κ2) is 9.15. The van der Waals surface area contributed by atoms with Crippen LogP contribution < -0.4 is 10.6 Å². The summed E-state index contributed by atoms with van der Waals surface area (Å²) in [5.74, 6) is 1.60. The van der Waals surface area contributed by atoms with Crippen molar-refractivity contribution in [2.75, 3.05) is 46.4 Å². The summed E-state index contributed by atoms with van der Waals surface area (Å²) in [7, 11) is 1.82. The van der Waals surface area contributed by atoms with Crippen LogP contribution in [0.3, 0.4) is 0 Å². The van der Waals surface area contributed by atoms with E-state index in [4.69, 9.17) is 4.74 Å². The van der Waals surface area contributed by atoms with E-state index in [1.54, 1.807) is 0 Å². The monoisotopic (exact) mass is 270 g/mol. The molecule has 1 atom stereocenters. The maximum Gasteiger partial charge on any atom is 0.191 e. The molecule has 0 bridgehead atoms. The van der Waals surface area contributed by atoms with Crippen molar-refractivity contribution in [3.63, 3.8) is 0 Å². The molecular formula is C14H30N4O. The SMILES string of the molecule is CCNC(=NC)NC[C@@H](CC(C)C)N1CCOCC1. The number of guanidine groups is 1. The molecule has 1 fully saturated rings. The van der Waals surface area contributed by atoms with Crippen molar-refractivity contribution in [1.82, 2.24) is 15.5 Å². The molecule has 0 aromatic heterocycles. The summed E-state index contributed by atoms with van der Waals surface area (Å²) < 4.78 is 5.44. The summed E-state index contributed by atoms with van der Waals surface area (Å²) in [5, 5.41) is 6.67. The Kier molecular flexibility index (Phi) is 7.82. The molecule has 1 rings (SSSR count). The first kappa shape index (κ1) is 16.2. The lowest BCUT2D eigenvalue weighted by atomic mass is 10.0. The van der Waals surface area contributed by atoms with Gasteiger partial charge in [0.1, 0.15) is 0 Å². The number of aliphatic imine (C=N–C) groups is 1. The highest BCUT2D eigenvalue weighted by Crippen LogP contribution is 2.12. The Morgan fingerprint density at radius 1 is 1.26 bits per heavy atom. The number of hydrogen-bond acceptors (Lipinski definition) is 3. The van der Waals surface area contributed by atoms with E-state index in [9.17, 15) is 0 Å². The van der Waals surface area contributed by atoms with Gasteiger partial charge < -0.3 is 15.4 Å². The van der Waals surface area contributed by atoms with E-state index in [2.05, 4.69) is 41.3 Å². The fourth-order valence-corrected chi connectivity index (χ4v) is 2.45. The molecule has 5 nitrogen and oxygen atoms in total. The molecule has 112 valence electrons. The maximum atomic E-state index is 5.44. The minimum atomic E-state index is 0.555. The van der Waals surface area contributed by atoms with Crippen molar-refractivity contribution in [3.8, 4) is 0 Å². The summed E-state index contributed by atoms with van der Waals surface area (Å²) >= 11 is 0. The van der Waals surface area contributed by atoms with E-state index < -0.39 is 0 Å². The Balaban J connectivity index is 2.48. The number of nitrogens with one attached hydrogen (secondary N) is 2. The Hall–Kier alpha value is -0.810. The molecular weight excluding hydrogens is 240 g/mol. The zero-order chi connectivity index (χ0) is 14.1. The van der Waals surface area contributed by atoms with Crippen molar-refractivity contribution in [2.45, 2.75) is 33.2 Å². The summed E-state index contributed by atoms with van der Waals surface area (Å²) in [6.07, 6.45) is 1.20. The van der Waals surface area contributed by atoms with Gasteiger partial charge in [0.25, 0.3) is 0 Å². The largest absolute Gasteiger partial charge is 0.379 e. The highest BCUT2D eigenvalue weighted by molar-refractivity contribution is 5.79. The number of rotatable bonds is 6. The second-order valence-corrected chi connectivity index (χ2v) is 5.42. The van der Waals surface area contributed by atoms with Gasteiger partial charge in [-0.15, -0.1) is 0 Å². The lowest BCUT2D eigenvalue weighted by Crippen LogP contribution is -2.51. The van der Waals surface area contributed by atoms with E-state index in [0.717, 1.165) is 45.4 Å². The second-order valence-electron chi connectivity index (χ2n) is 5.42. The van der Waals surface area contributed by atoms with E-state index in [1.165, 1.54) is 6.42 Å². The van der Waals surface area contributed by atoms with E-state index in [-0.39, 0.29) is 0 Å². The number of nitrogens with zero attached hydrogens (tertiary/aromatic N) is 2. The van der Waals surface area contributed by atoms with E-state index in [0.29, 0.717) is 12.0 Å². The van der Waals surface area contributed by atoms with Crippen molar-refractivity contribution in [2.24, 2.45) is 10.9 Å². The third-order valence-electron chi connectivity index (χ3n) is 3.38. The third-order valence-corrected chi connectivity index (χ3v) is 3.38. The molecule has 0 saturated carbocycles. The average Bonchev–Trinajstić information content (AvgIpc) is 2.42. The van der Waals surface area contributed by atoms with Crippen LogP contribution in [0.25, 0.3) is 0 Å². The van der Waals surface area contributed by atoms with Gasteiger partial charge in [0.2, 0.25) is 0 Å². The molecule has 19 heavy (non-hydrogen) atoms. The lowest BCUT2D eigenvalue weighted by molar-refractivity contribution is 0.0132. The Morgan fingerprint density at radius 2 is 1.95 bits per heavy atom. The number of ether oxygens (including phenoxy) is 1. The average molecular weight is 270 g/mol. The van der Waals surface area contributed by atoms with Gasteiger partial charge in [-0.3, -0.25) is 9.89 Å². The topological polar surface area (TPSA) is 48.9 Å². The summed E-state index contributed by atoms with van der Waals surface area (Å²) in [6, 6.07) is 0.555. The lowest BCUT2D eigenvalue weighted by Gasteiger charge is -2.35. The highest BCUT2D eigenvalue weighted by atomic mass is 16.5. The zero-order valence-electron chi connectivity index (χ0n) is 12.9. The Bertz CT molecular complexity index is 262. The maximum absolute atomic E-state index is 5.44. The summed E-state index contributed by atoms with van der Waals surface area (Å²) in [5.41, 5.74) is 0. The van der Waals surface area contributed by atoms with Crippen molar-refractivity contribution in [3.05, 3.63) is 0 Å². The summed E-state index contributed by atoms with van der Waals surface area (Å²) in [4.78, 5) is 6.76. The molecule has 1 aliphatic rings. The van der Waals surface area contributed by atoms with Crippen molar-refractivity contribution < 1.29 is 4.74 Å². The van der Waals surface area contributed by atoms with Gasteiger partial charge in [-0.25, -0.2) is 0 Å². The van der Waals surface area contributed by atoms with Gasteiger partial charge >= 0.3 is 0 Å². The van der Waals surface area contributed by atoms with Crippen LogP contribution in [0.5, 0.6) is 0 Å². The smallest absolute Gasteiger partial charge is 0.191 e. The molecule has 0 radical (unpaired) electrons. The first-order chi connectivity index (χ1) is 9.17. The van der Waals surface area contributed by atoms with Gasteiger partial charge in [0.05, 0.1) is 13.2 Å². The molecule has 5 heteroatoms. The van der Waals surface area contributed by atoms with Gasteiger partial charge in [-0.05, 0) is 19.3 Å². The van der Waals surface area contributed by atoms with Crippen molar-refractivity contribution >= 4 is 5.96 Å². The predicted octanol–water partition coefficient (Wildman–Crippen LogP) is 0.918. The van der Waals surface area contributed by atoms with Gasteiger partial charge in [0, 0.05) is 39.3 Å². The number of hydrogen-bond donors (Lipinski definition) is 2. The molecule has 0 unspecified atom stereocenters. The molecule has 1 heterocycles. The van der Waals surface area contributed by atoms with Crippen molar-refractivity contribution in [1.29, 1.82) is 0 Å². The third kappa shape index (κ3) is 6.25. The quantitative estimate of drug-likeness (QED) is 0.556. The molecule has 0 aromatic carbocycles. The highest BCUT2D eigenvalue weighted by Gasteiger charge is 2.21. The van der Waals surface area contributed by atoms with Crippen LogP contribution in [0.2, 0.25) is 0 Å². The van der Waals surface area contributed by atoms with Crippen LogP contribution in [-0.2, 0) is 4.74 Å². The normalized spacial score (nSPS) is 19.5. The summed E-state index contributed by atoms with van der Waals surface area (Å²) in [6.45, 7) is 12.3. The molecule has 0 spiro atoms. The Morgan fingerprint density at radius 3 is 2.47 bits per heavy atom. The van der Waals surface area contributed by atoms with Crippen LogP contribution >= 0.6 is 0 Å². The van der Waals surface area contributed by atoms with Crippen LogP contribution in [0, 0.1) is 5.92 Å². The fraction of sp³-hybridized carbons (Fsp3) is 0.929. The Labute approximate surface area is 117 Å². The molecule has 0 amide bonds. The van der Waals surface area contributed by atoms with Crippen LogP contribution in [-0.4, -0.2) is 63.3 Å². The zero-order valence-corrected chi connectivity index (χ0v) is 12.9. The number of morpholine rings is 1. The van der Waals surface area contributed by atoms with E-state index in [1.807, 2.05) is 7.05 Å². The molecule has 2 N–H and O–H groups in total. The van der Waals surface area contributed by atoms with E-state index >= 15 is 0 Å². The first-order valence-electron chi connectivity index (χ1n) is 7.43. The molecule has 0 aromatic rings. The van der Waals surface area contributed by atoms with Gasteiger partial charge in [0.15, 0.2) is 5.96 Å². The molecule has 1 aliphatic heterocycles. The predicted molar refractivity (Wildman–Crippen MR) is 80.7 cm³/mol. The van der Waals surface area contributed by atoms with Gasteiger partial charge in [-0.1, -0.05) is 13.8 Å². The molecule has 0 aliphatic carbocycles. The van der Waals surface area contributed by atoms with Crippen LogP contribution in [0.4, 0.5) is 0 Å².